The summed E-state index contributed by atoms with van der Waals surface area (Å²) in [5, 5.41) is 20.5. The summed E-state index contributed by atoms with van der Waals surface area (Å²) in [5.41, 5.74) is 4.47. The number of benzene rings is 2. The van der Waals surface area contributed by atoms with Gasteiger partial charge in [0, 0.05) is 18.7 Å². The van der Waals surface area contributed by atoms with Gasteiger partial charge in [0.2, 0.25) is 0 Å². The Morgan fingerprint density at radius 2 is 1.91 bits per heavy atom. The molecule has 34 heavy (non-hydrogen) atoms. The van der Waals surface area contributed by atoms with Crippen LogP contribution in [0.3, 0.4) is 0 Å². The lowest BCUT2D eigenvalue weighted by Gasteiger charge is -2.23. The number of aliphatic hydroxyl groups is 1. The van der Waals surface area contributed by atoms with E-state index < -0.39 is 0 Å². The Morgan fingerprint density at radius 3 is 2.56 bits per heavy atom. The van der Waals surface area contributed by atoms with Gasteiger partial charge >= 0.3 is 0 Å². The molecule has 0 aliphatic heterocycles. The third kappa shape index (κ3) is 7.75. The topological polar surface area (TPSA) is 94.8 Å². The van der Waals surface area contributed by atoms with Gasteiger partial charge in [-0.2, -0.15) is 5.26 Å². The zero-order chi connectivity index (χ0) is 24.3. The molecule has 0 radical (unpaired) electrons. The smallest absolute Gasteiger partial charge is 0.265 e. The van der Waals surface area contributed by atoms with Crippen LogP contribution >= 0.6 is 0 Å². The number of rotatable bonds is 11. The number of hydrogen-bond donors (Lipinski definition) is 2. The van der Waals surface area contributed by atoms with Gasteiger partial charge in [-0.15, -0.1) is 0 Å². The van der Waals surface area contributed by atoms with Gasteiger partial charge < -0.3 is 14.6 Å². The van der Waals surface area contributed by atoms with Crippen LogP contribution in [-0.2, 0) is 6.54 Å². The lowest BCUT2D eigenvalue weighted by atomic mass is 9.90. The van der Waals surface area contributed by atoms with E-state index in [4.69, 9.17) is 9.47 Å². The Kier molecular flexibility index (Phi) is 9.75. The van der Waals surface area contributed by atoms with Gasteiger partial charge in [0.25, 0.3) is 5.91 Å². The first-order chi connectivity index (χ1) is 16.5. The van der Waals surface area contributed by atoms with Crippen molar-refractivity contribution in [3.05, 3.63) is 59.2 Å². The number of hydrogen-bond acceptors (Lipinski definition) is 6. The van der Waals surface area contributed by atoms with Gasteiger partial charge in [0.05, 0.1) is 24.9 Å². The number of nitrogens with one attached hydrogen (secondary N) is 1. The lowest BCUT2D eigenvalue weighted by molar-refractivity contribution is 0.0732. The molecule has 1 aliphatic carbocycles. The second-order valence-corrected chi connectivity index (χ2v) is 9.03. The maximum absolute atomic E-state index is 12.8. The molecule has 0 spiro atoms. The number of nitrogens with zero attached hydrogens (tertiary/aromatic N) is 2. The Hall–Kier alpha value is -3.08. The van der Waals surface area contributed by atoms with Crippen LogP contribution in [0.5, 0.6) is 11.5 Å². The summed E-state index contributed by atoms with van der Waals surface area (Å²) in [4.78, 5) is 12.8. The molecule has 1 saturated carbocycles. The van der Waals surface area contributed by atoms with E-state index in [1.165, 1.54) is 38.2 Å². The van der Waals surface area contributed by atoms with Crippen LogP contribution in [0.1, 0.15) is 67.4 Å². The van der Waals surface area contributed by atoms with Crippen LogP contribution in [0.2, 0.25) is 0 Å². The average Bonchev–Trinajstić information content (AvgIpc) is 2.84. The fourth-order valence-electron chi connectivity index (χ4n) is 4.10. The number of carbonyl (C=O) groups excluding carboxylic acids is 1. The largest absolute Gasteiger partial charge is 0.493 e. The number of hydrazine groups is 1. The molecule has 2 aromatic rings. The molecule has 0 saturated heterocycles. The number of amides is 1. The van der Waals surface area contributed by atoms with Gasteiger partial charge in [-0.3, -0.25) is 10.2 Å². The van der Waals surface area contributed by atoms with E-state index in [9.17, 15) is 15.2 Å². The molecule has 1 aliphatic rings. The monoisotopic (exact) mass is 465 g/mol. The minimum Gasteiger partial charge on any atom is -0.493 e. The van der Waals surface area contributed by atoms with Gasteiger partial charge in [-0.05, 0) is 68.5 Å². The SMILES string of the molecule is CC(C)Oc1ccc(C(=O)NN(CCO)Cc2ccc(OCC3CCCCC3)cc2)cc1C#N. The molecule has 2 aromatic carbocycles. The van der Waals surface area contributed by atoms with Gasteiger partial charge in [0.15, 0.2) is 0 Å². The van der Waals surface area contributed by atoms with Crippen LogP contribution in [0.15, 0.2) is 42.5 Å². The van der Waals surface area contributed by atoms with E-state index in [-0.39, 0.29) is 25.2 Å². The number of carbonyl (C=O) groups is 1. The molecular weight excluding hydrogens is 430 g/mol. The van der Waals surface area contributed by atoms with Crippen LogP contribution in [0.25, 0.3) is 0 Å². The van der Waals surface area contributed by atoms with Gasteiger partial charge in [0.1, 0.15) is 17.6 Å². The van der Waals surface area contributed by atoms with Crippen molar-refractivity contribution in [1.29, 1.82) is 5.26 Å². The Labute approximate surface area is 202 Å². The predicted octanol–water partition coefficient (Wildman–Crippen LogP) is 4.44. The van der Waals surface area contributed by atoms with E-state index in [0.29, 0.717) is 29.3 Å². The molecule has 3 rings (SSSR count). The standard InChI is InChI=1S/C27H35N3O4/c1-20(2)34-26-13-10-23(16-24(26)17-28)27(32)29-30(14-15-31)18-21-8-11-25(12-9-21)33-19-22-6-4-3-5-7-22/h8-13,16,20,22,31H,3-7,14-15,18-19H2,1-2H3,(H,29,32). The first kappa shape index (κ1) is 25.5. The van der Waals surface area contributed by atoms with Crippen molar-refractivity contribution in [1.82, 2.24) is 10.4 Å². The molecule has 7 heteroatoms. The Morgan fingerprint density at radius 1 is 1.18 bits per heavy atom. The molecular formula is C27H35N3O4. The van der Waals surface area contributed by atoms with Crippen molar-refractivity contribution in [3.63, 3.8) is 0 Å². The second-order valence-electron chi connectivity index (χ2n) is 9.03. The minimum atomic E-state index is -0.353. The average molecular weight is 466 g/mol. The van der Waals surface area contributed by atoms with Crippen molar-refractivity contribution in [2.24, 2.45) is 5.92 Å². The molecule has 7 nitrogen and oxygen atoms in total. The second kappa shape index (κ2) is 13.0. The predicted molar refractivity (Wildman–Crippen MR) is 130 cm³/mol. The third-order valence-electron chi connectivity index (χ3n) is 5.86. The van der Waals surface area contributed by atoms with Crippen molar-refractivity contribution in [3.8, 4) is 17.6 Å². The molecule has 0 atom stereocenters. The molecule has 1 fully saturated rings. The highest BCUT2D eigenvalue weighted by Gasteiger charge is 2.16. The van der Waals surface area contributed by atoms with E-state index in [2.05, 4.69) is 11.5 Å². The Bertz CT molecular complexity index is 963. The van der Waals surface area contributed by atoms with Crippen LogP contribution < -0.4 is 14.9 Å². The Balaban J connectivity index is 1.58. The van der Waals surface area contributed by atoms with E-state index in [0.717, 1.165) is 17.9 Å². The maximum atomic E-state index is 12.8. The van der Waals surface area contributed by atoms with Crippen LogP contribution in [0.4, 0.5) is 0 Å². The van der Waals surface area contributed by atoms with Gasteiger partial charge in [-0.1, -0.05) is 31.4 Å². The summed E-state index contributed by atoms with van der Waals surface area (Å²) in [6.07, 6.45) is 6.36. The molecule has 0 heterocycles. The molecule has 2 N–H and O–H groups in total. The summed E-state index contributed by atoms with van der Waals surface area (Å²) in [6.45, 7) is 5.11. The summed E-state index contributed by atoms with van der Waals surface area (Å²) in [7, 11) is 0. The van der Waals surface area contributed by atoms with Crippen molar-refractivity contribution in [2.45, 2.75) is 58.6 Å². The lowest BCUT2D eigenvalue weighted by Crippen LogP contribution is -2.43. The van der Waals surface area contributed by atoms with E-state index in [1.807, 2.05) is 38.1 Å². The molecule has 0 unspecified atom stereocenters. The molecule has 0 bridgehead atoms. The fourth-order valence-corrected chi connectivity index (χ4v) is 4.10. The highest BCUT2D eigenvalue weighted by molar-refractivity contribution is 5.94. The zero-order valence-corrected chi connectivity index (χ0v) is 20.1. The first-order valence-corrected chi connectivity index (χ1v) is 12.1. The maximum Gasteiger partial charge on any atom is 0.265 e. The van der Waals surface area contributed by atoms with Crippen LogP contribution in [-0.4, -0.2) is 41.9 Å². The number of ether oxygens (including phenoxy) is 2. The minimum absolute atomic E-state index is 0.0733. The molecule has 1 amide bonds. The summed E-state index contributed by atoms with van der Waals surface area (Å²) in [6, 6.07) is 14.7. The summed E-state index contributed by atoms with van der Waals surface area (Å²) in [5.74, 6) is 1.59. The summed E-state index contributed by atoms with van der Waals surface area (Å²) < 4.78 is 11.6. The third-order valence-corrected chi connectivity index (χ3v) is 5.86. The van der Waals surface area contributed by atoms with Crippen molar-refractivity contribution < 1.29 is 19.4 Å². The van der Waals surface area contributed by atoms with Crippen molar-refractivity contribution >= 4 is 5.91 Å². The van der Waals surface area contributed by atoms with E-state index in [1.54, 1.807) is 17.1 Å². The number of aliphatic hydroxyl groups excluding tert-OH is 1. The highest BCUT2D eigenvalue weighted by Crippen LogP contribution is 2.25. The van der Waals surface area contributed by atoms with E-state index >= 15 is 0 Å². The number of nitriles is 1. The zero-order valence-electron chi connectivity index (χ0n) is 20.1. The van der Waals surface area contributed by atoms with Crippen LogP contribution in [0, 0.1) is 17.2 Å². The molecule has 182 valence electrons. The first-order valence-electron chi connectivity index (χ1n) is 12.1. The van der Waals surface area contributed by atoms with Crippen molar-refractivity contribution in [2.75, 3.05) is 19.8 Å². The quantitative estimate of drug-likeness (QED) is 0.476. The fraction of sp³-hybridized carbons (Fsp3) is 0.481. The highest BCUT2D eigenvalue weighted by atomic mass is 16.5. The van der Waals surface area contributed by atoms with Gasteiger partial charge in [-0.25, -0.2) is 5.01 Å². The summed E-state index contributed by atoms with van der Waals surface area (Å²) >= 11 is 0. The molecule has 0 aromatic heterocycles. The normalized spacial score (nSPS) is 14.1.